The van der Waals surface area contributed by atoms with Crippen molar-refractivity contribution in [1.29, 1.82) is 5.26 Å². The van der Waals surface area contributed by atoms with Crippen molar-refractivity contribution in [2.75, 3.05) is 5.32 Å². The third-order valence-corrected chi connectivity index (χ3v) is 5.36. The van der Waals surface area contributed by atoms with E-state index in [0.717, 1.165) is 16.9 Å². The van der Waals surface area contributed by atoms with Gasteiger partial charge in [0.05, 0.1) is 0 Å². The van der Waals surface area contributed by atoms with E-state index in [1.165, 1.54) is 22.5 Å². The first-order chi connectivity index (χ1) is 13.8. The predicted molar refractivity (Wildman–Crippen MR) is 119 cm³/mol. The summed E-state index contributed by atoms with van der Waals surface area (Å²) < 4.78 is 0. The number of anilines is 1. The van der Waals surface area contributed by atoms with Crippen molar-refractivity contribution in [3.05, 3.63) is 87.9 Å². The number of rotatable bonds is 5. The van der Waals surface area contributed by atoms with Gasteiger partial charge in [-0.15, -0.1) is 11.3 Å². The van der Waals surface area contributed by atoms with Crippen LogP contribution in [0.2, 0.25) is 0 Å². The van der Waals surface area contributed by atoms with Crippen molar-refractivity contribution >= 4 is 28.5 Å². The third-order valence-electron chi connectivity index (χ3n) is 4.45. The summed E-state index contributed by atoms with van der Waals surface area (Å²) in [7, 11) is 0. The molecule has 1 amide bonds. The van der Waals surface area contributed by atoms with E-state index >= 15 is 0 Å². The van der Waals surface area contributed by atoms with Crippen LogP contribution >= 0.6 is 11.3 Å². The second-order valence-corrected chi connectivity index (χ2v) is 8.91. The van der Waals surface area contributed by atoms with Gasteiger partial charge in [-0.3, -0.25) is 10.1 Å². The first-order valence-corrected chi connectivity index (χ1v) is 10.2. The van der Waals surface area contributed by atoms with Gasteiger partial charge in [-0.2, -0.15) is 5.26 Å². The average Bonchev–Trinajstić information content (AvgIpc) is 3.13. The minimum absolute atomic E-state index is 0.0494. The van der Waals surface area contributed by atoms with Gasteiger partial charge >= 0.3 is 0 Å². The maximum Gasteiger partial charge on any atom is 0.268 e. The molecule has 0 saturated carbocycles. The summed E-state index contributed by atoms with van der Waals surface area (Å²) in [6, 6.07) is 20.0. The summed E-state index contributed by atoms with van der Waals surface area (Å²) in [4.78, 5) is 17.8. The minimum Gasteiger partial charge on any atom is -0.297 e. The summed E-state index contributed by atoms with van der Waals surface area (Å²) in [5, 5.41) is 12.6. The number of nitrogens with zero attached hydrogens (tertiary/aromatic N) is 2. The Hall–Kier alpha value is -3.23. The molecule has 0 fully saturated rings. The SMILES string of the molecule is CC(C)(C)c1ccc(/C=C(/C#N)C(=O)Nc2ncc(Cc3ccccc3)s2)cc1. The molecule has 3 rings (SSSR count). The van der Waals surface area contributed by atoms with Crippen LogP contribution < -0.4 is 5.32 Å². The highest BCUT2D eigenvalue weighted by Gasteiger charge is 2.14. The largest absolute Gasteiger partial charge is 0.297 e. The lowest BCUT2D eigenvalue weighted by Gasteiger charge is -2.18. The Labute approximate surface area is 175 Å². The number of nitrogens with one attached hydrogen (secondary N) is 1. The molecule has 0 bridgehead atoms. The number of benzene rings is 2. The van der Waals surface area contributed by atoms with Crippen LogP contribution in [0.1, 0.15) is 42.3 Å². The van der Waals surface area contributed by atoms with Crippen LogP contribution in [0.5, 0.6) is 0 Å². The van der Waals surface area contributed by atoms with Crippen molar-refractivity contribution in [1.82, 2.24) is 4.98 Å². The highest BCUT2D eigenvalue weighted by molar-refractivity contribution is 7.15. The molecule has 0 aliphatic heterocycles. The summed E-state index contributed by atoms with van der Waals surface area (Å²) in [6.07, 6.45) is 4.12. The van der Waals surface area contributed by atoms with Gasteiger partial charge in [0, 0.05) is 17.5 Å². The number of hydrogen-bond donors (Lipinski definition) is 1. The van der Waals surface area contributed by atoms with E-state index in [1.54, 1.807) is 12.3 Å². The summed E-state index contributed by atoms with van der Waals surface area (Å²) in [5.41, 5.74) is 3.30. The van der Waals surface area contributed by atoms with Crippen LogP contribution in [-0.2, 0) is 16.6 Å². The molecule has 1 heterocycles. The second kappa shape index (κ2) is 8.85. The number of nitriles is 1. The van der Waals surface area contributed by atoms with Gasteiger partial charge in [-0.1, -0.05) is 75.4 Å². The zero-order chi connectivity index (χ0) is 20.9. The summed E-state index contributed by atoms with van der Waals surface area (Å²) in [6.45, 7) is 6.43. The standard InChI is InChI=1S/C24H23N3OS/c1-24(2,3)20-11-9-18(10-12-20)13-19(15-25)22(28)27-23-26-16-21(29-23)14-17-7-5-4-6-8-17/h4-13,16H,14H2,1-3H3,(H,26,27,28)/b19-13-. The van der Waals surface area contributed by atoms with Crippen LogP contribution in [0, 0.1) is 11.3 Å². The van der Waals surface area contributed by atoms with Crippen molar-refractivity contribution in [3.63, 3.8) is 0 Å². The zero-order valence-corrected chi connectivity index (χ0v) is 17.6. The van der Waals surface area contributed by atoms with Crippen molar-refractivity contribution in [2.24, 2.45) is 0 Å². The molecular formula is C24H23N3OS. The van der Waals surface area contributed by atoms with Crippen LogP contribution in [-0.4, -0.2) is 10.9 Å². The molecule has 146 valence electrons. The molecule has 0 spiro atoms. The van der Waals surface area contributed by atoms with Crippen LogP contribution in [0.15, 0.2) is 66.4 Å². The van der Waals surface area contributed by atoms with E-state index < -0.39 is 5.91 Å². The van der Waals surface area contributed by atoms with E-state index in [1.807, 2.05) is 48.5 Å². The molecular weight excluding hydrogens is 378 g/mol. The lowest BCUT2D eigenvalue weighted by molar-refractivity contribution is -0.112. The Morgan fingerprint density at radius 3 is 2.45 bits per heavy atom. The number of carbonyl (C=O) groups is 1. The molecule has 0 radical (unpaired) electrons. The first-order valence-electron chi connectivity index (χ1n) is 9.37. The maximum absolute atomic E-state index is 12.5. The molecule has 1 N–H and O–H groups in total. The number of thiazole rings is 1. The Kier molecular flexibility index (Phi) is 6.26. The van der Waals surface area contributed by atoms with E-state index in [4.69, 9.17) is 0 Å². The fourth-order valence-electron chi connectivity index (χ4n) is 2.80. The fraction of sp³-hybridized carbons (Fsp3) is 0.208. The van der Waals surface area contributed by atoms with Crippen molar-refractivity contribution in [2.45, 2.75) is 32.6 Å². The van der Waals surface area contributed by atoms with E-state index in [2.05, 4.69) is 43.2 Å². The lowest BCUT2D eigenvalue weighted by Crippen LogP contribution is -2.13. The lowest BCUT2D eigenvalue weighted by atomic mass is 9.86. The first kappa shape index (κ1) is 20.5. The Balaban J connectivity index is 1.69. The van der Waals surface area contributed by atoms with E-state index in [0.29, 0.717) is 5.13 Å². The van der Waals surface area contributed by atoms with Gasteiger partial charge < -0.3 is 0 Å². The minimum atomic E-state index is -0.451. The fourth-order valence-corrected chi connectivity index (χ4v) is 3.64. The third kappa shape index (κ3) is 5.63. The number of amides is 1. The van der Waals surface area contributed by atoms with Gasteiger partial charge in [-0.25, -0.2) is 4.98 Å². The molecule has 0 unspecified atom stereocenters. The van der Waals surface area contributed by atoms with Gasteiger partial charge in [0.2, 0.25) is 0 Å². The number of aromatic nitrogens is 1. The summed E-state index contributed by atoms with van der Waals surface area (Å²) >= 11 is 1.42. The summed E-state index contributed by atoms with van der Waals surface area (Å²) in [5.74, 6) is -0.451. The van der Waals surface area contributed by atoms with Gasteiger partial charge in [0.1, 0.15) is 11.6 Å². The Bertz CT molecular complexity index is 1050. The highest BCUT2D eigenvalue weighted by atomic mass is 32.1. The van der Waals surface area contributed by atoms with Crippen LogP contribution in [0.25, 0.3) is 6.08 Å². The molecule has 0 aliphatic rings. The molecule has 4 nitrogen and oxygen atoms in total. The zero-order valence-electron chi connectivity index (χ0n) is 16.8. The quantitative estimate of drug-likeness (QED) is 0.448. The normalized spacial score (nSPS) is 11.7. The average molecular weight is 402 g/mol. The molecule has 3 aromatic rings. The van der Waals surface area contributed by atoms with E-state index in [-0.39, 0.29) is 11.0 Å². The molecule has 2 aromatic carbocycles. The van der Waals surface area contributed by atoms with Crippen LogP contribution in [0.4, 0.5) is 5.13 Å². The molecule has 0 saturated heterocycles. The van der Waals surface area contributed by atoms with Crippen molar-refractivity contribution < 1.29 is 4.79 Å². The topological polar surface area (TPSA) is 65.8 Å². The monoisotopic (exact) mass is 401 g/mol. The maximum atomic E-state index is 12.5. The van der Waals surface area contributed by atoms with Gasteiger partial charge in [0.15, 0.2) is 5.13 Å². The predicted octanol–water partition coefficient (Wildman–Crippen LogP) is 5.58. The van der Waals surface area contributed by atoms with Crippen molar-refractivity contribution in [3.8, 4) is 6.07 Å². The Morgan fingerprint density at radius 1 is 1.14 bits per heavy atom. The number of carbonyl (C=O) groups excluding carboxylic acids is 1. The molecule has 0 aliphatic carbocycles. The smallest absolute Gasteiger partial charge is 0.268 e. The molecule has 5 heteroatoms. The Morgan fingerprint density at radius 2 is 1.83 bits per heavy atom. The van der Waals surface area contributed by atoms with Gasteiger partial charge in [0.25, 0.3) is 5.91 Å². The molecule has 29 heavy (non-hydrogen) atoms. The highest BCUT2D eigenvalue weighted by Crippen LogP contribution is 2.24. The molecule has 1 aromatic heterocycles. The number of hydrogen-bond acceptors (Lipinski definition) is 4. The van der Waals surface area contributed by atoms with Gasteiger partial charge in [-0.05, 0) is 28.2 Å². The van der Waals surface area contributed by atoms with Crippen LogP contribution in [0.3, 0.4) is 0 Å². The second-order valence-electron chi connectivity index (χ2n) is 7.79. The molecule has 0 atom stereocenters. The van der Waals surface area contributed by atoms with E-state index in [9.17, 15) is 10.1 Å².